The van der Waals surface area contributed by atoms with E-state index >= 15 is 0 Å². The minimum Gasteiger partial charge on any atom is -0.481 e. The van der Waals surface area contributed by atoms with E-state index in [1.807, 2.05) is 18.2 Å². The summed E-state index contributed by atoms with van der Waals surface area (Å²) >= 11 is 6.23. The van der Waals surface area contributed by atoms with Crippen molar-refractivity contribution in [2.75, 3.05) is 6.61 Å². The number of benzene rings is 2. The van der Waals surface area contributed by atoms with Crippen molar-refractivity contribution in [3.63, 3.8) is 0 Å². The van der Waals surface area contributed by atoms with Crippen LogP contribution in [-0.2, 0) is 22.5 Å². The van der Waals surface area contributed by atoms with Gasteiger partial charge in [0.15, 0.2) is 0 Å². The molecule has 1 N–H and O–H groups in total. The molecule has 1 aliphatic rings. The molecule has 4 nitrogen and oxygen atoms in total. The van der Waals surface area contributed by atoms with Crippen LogP contribution in [-0.4, -0.2) is 22.2 Å². The quantitative estimate of drug-likeness (QED) is 0.636. The number of rotatable bonds is 5. The van der Waals surface area contributed by atoms with Crippen LogP contribution in [0.3, 0.4) is 0 Å². The Morgan fingerprint density at radius 1 is 1.30 bits per heavy atom. The van der Waals surface area contributed by atoms with Crippen LogP contribution in [0.15, 0.2) is 42.5 Å². The molecule has 140 valence electrons. The van der Waals surface area contributed by atoms with Crippen LogP contribution in [0.2, 0.25) is 5.02 Å². The average molecular weight is 384 g/mol. The number of ether oxygens (including phenoxy) is 1. The standard InChI is InChI=1S/C22H22ClNO3/c1-2-10-24-18-8-4-7-16(14-5-3-6-15(23)12-14)21(18)17-9-11-27-19(22(17)24)13-20(25)26/h3-8,12,19H,2,9-11,13H2,1H3,(H,25,26). The van der Waals surface area contributed by atoms with E-state index < -0.39 is 12.1 Å². The van der Waals surface area contributed by atoms with Gasteiger partial charge in [-0.2, -0.15) is 0 Å². The fraction of sp³-hybridized carbons (Fsp3) is 0.318. The van der Waals surface area contributed by atoms with Gasteiger partial charge in [0.25, 0.3) is 0 Å². The number of halogens is 1. The molecule has 0 bridgehead atoms. The largest absolute Gasteiger partial charge is 0.481 e. The van der Waals surface area contributed by atoms with Crippen molar-refractivity contribution in [2.45, 2.75) is 38.8 Å². The zero-order valence-electron chi connectivity index (χ0n) is 15.2. The van der Waals surface area contributed by atoms with Crippen LogP contribution in [0.25, 0.3) is 22.0 Å². The van der Waals surface area contributed by atoms with Gasteiger partial charge in [-0.1, -0.05) is 42.8 Å². The topological polar surface area (TPSA) is 51.5 Å². The molecule has 1 unspecified atom stereocenters. The predicted molar refractivity (Wildman–Crippen MR) is 107 cm³/mol. The Morgan fingerprint density at radius 3 is 2.85 bits per heavy atom. The van der Waals surface area contributed by atoms with E-state index in [1.54, 1.807) is 0 Å². The molecule has 0 saturated heterocycles. The van der Waals surface area contributed by atoms with E-state index in [0.717, 1.165) is 41.7 Å². The molecule has 3 aromatic rings. The van der Waals surface area contributed by atoms with E-state index in [4.69, 9.17) is 16.3 Å². The molecule has 1 atom stereocenters. The third-order valence-corrected chi connectivity index (χ3v) is 5.39. The van der Waals surface area contributed by atoms with Gasteiger partial charge < -0.3 is 14.4 Å². The molecular weight excluding hydrogens is 362 g/mol. The zero-order chi connectivity index (χ0) is 19.0. The Bertz CT molecular complexity index is 1010. The lowest BCUT2D eigenvalue weighted by Crippen LogP contribution is -2.21. The molecule has 0 spiro atoms. The molecule has 27 heavy (non-hydrogen) atoms. The van der Waals surface area contributed by atoms with Gasteiger partial charge in [0.2, 0.25) is 0 Å². The molecule has 0 saturated carbocycles. The van der Waals surface area contributed by atoms with Crippen LogP contribution >= 0.6 is 11.6 Å². The molecule has 1 aromatic heterocycles. The molecule has 2 aromatic carbocycles. The number of hydrogen-bond donors (Lipinski definition) is 1. The number of carboxylic acids is 1. The van der Waals surface area contributed by atoms with Gasteiger partial charge in [-0.3, -0.25) is 4.79 Å². The van der Waals surface area contributed by atoms with Crippen LogP contribution in [0, 0.1) is 0 Å². The molecule has 4 rings (SSSR count). The van der Waals surface area contributed by atoms with Gasteiger partial charge in [-0.15, -0.1) is 0 Å². The SMILES string of the molecule is CCCn1c2c(c3c(-c4cccc(Cl)c4)cccc31)CCOC2CC(=O)O. The molecule has 0 aliphatic carbocycles. The van der Waals surface area contributed by atoms with Gasteiger partial charge >= 0.3 is 5.97 Å². The molecule has 5 heteroatoms. The number of nitrogens with zero attached hydrogens (tertiary/aromatic N) is 1. The summed E-state index contributed by atoms with van der Waals surface area (Å²) < 4.78 is 8.13. The minimum absolute atomic E-state index is 0.0144. The molecule has 2 heterocycles. The number of fused-ring (bicyclic) bond motifs is 3. The average Bonchev–Trinajstić information content (AvgIpc) is 2.97. The molecular formula is C22H22ClNO3. The van der Waals surface area contributed by atoms with Crippen molar-refractivity contribution in [1.29, 1.82) is 0 Å². The molecule has 0 amide bonds. The lowest BCUT2D eigenvalue weighted by atomic mass is 9.95. The number of carbonyl (C=O) groups is 1. The molecule has 0 radical (unpaired) electrons. The fourth-order valence-electron chi connectivity index (χ4n) is 4.18. The summed E-state index contributed by atoms with van der Waals surface area (Å²) in [5.41, 5.74) is 5.59. The number of aliphatic carboxylic acids is 1. The van der Waals surface area contributed by atoms with Gasteiger partial charge in [0, 0.05) is 22.5 Å². The molecule has 1 aliphatic heterocycles. The predicted octanol–water partition coefficient (Wildman–Crippen LogP) is 5.46. The van der Waals surface area contributed by atoms with E-state index in [2.05, 4.69) is 35.8 Å². The third kappa shape index (κ3) is 3.24. The normalized spacial score (nSPS) is 16.4. The van der Waals surface area contributed by atoms with Crippen LogP contribution in [0.5, 0.6) is 0 Å². The van der Waals surface area contributed by atoms with Crippen LogP contribution < -0.4 is 0 Å². The highest BCUT2D eigenvalue weighted by molar-refractivity contribution is 6.30. The second kappa shape index (κ2) is 7.37. The summed E-state index contributed by atoms with van der Waals surface area (Å²) in [6, 6.07) is 14.2. The Balaban J connectivity index is 2.00. The van der Waals surface area contributed by atoms with Crippen molar-refractivity contribution in [2.24, 2.45) is 0 Å². The summed E-state index contributed by atoms with van der Waals surface area (Å²) in [6.45, 7) is 3.51. The highest BCUT2D eigenvalue weighted by Gasteiger charge is 2.30. The highest BCUT2D eigenvalue weighted by atomic mass is 35.5. The van der Waals surface area contributed by atoms with E-state index in [-0.39, 0.29) is 6.42 Å². The van der Waals surface area contributed by atoms with Crippen LogP contribution in [0.4, 0.5) is 0 Å². The van der Waals surface area contributed by atoms with Crippen molar-refractivity contribution in [3.05, 3.63) is 58.7 Å². The van der Waals surface area contributed by atoms with Gasteiger partial charge in [0.05, 0.1) is 18.7 Å². The number of hydrogen-bond acceptors (Lipinski definition) is 2. The van der Waals surface area contributed by atoms with Crippen molar-refractivity contribution in [1.82, 2.24) is 4.57 Å². The summed E-state index contributed by atoms with van der Waals surface area (Å²) in [5, 5.41) is 11.2. The first-order chi connectivity index (χ1) is 13.1. The minimum atomic E-state index is -0.837. The van der Waals surface area contributed by atoms with Crippen molar-refractivity contribution >= 4 is 28.5 Å². The van der Waals surface area contributed by atoms with Crippen LogP contribution in [0.1, 0.15) is 37.1 Å². The Labute approximate surface area is 163 Å². The number of carboxylic acid groups (broad SMARTS) is 1. The maximum absolute atomic E-state index is 11.4. The number of aromatic nitrogens is 1. The van der Waals surface area contributed by atoms with E-state index in [9.17, 15) is 9.90 Å². The fourth-order valence-corrected chi connectivity index (χ4v) is 4.37. The van der Waals surface area contributed by atoms with Gasteiger partial charge in [0.1, 0.15) is 6.10 Å². The second-order valence-electron chi connectivity index (χ2n) is 6.93. The summed E-state index contributed by atoms with van der Waals surface area (Å²) in [5.74, 6) is -0.837. The lowest BCUT2D eigenvalue weighted by molar-refractivity contribution is -0.140. The Morgan fingerprint density at radius 2 is 2.11 bits per heavy atom. The summed E-state index contributed by atoms with van der Waals surface area (Å²) in [6.07, 6.45) is 1.34. The monoisotopic (exact) mass is 383 g/mol. The second-order valence-corrected chi connectivity index (χ2v) is 7.37. The van der Waals surface area contributed by atoms with Gasteiger partial charge in [-0.25, -0.2) is 0 Å². The molecule has 0 fully saturated rings. The van der Waals surface area contributed by atoms with Crippen molar-refractivity contribution in [3.8, 4) is 11.1 Å². The Hall–Kier alpha value is -2.30. The van der Waals surface area contributed by atoms with Gasteiger partial charge in [-0.05, 0) is 47.7 Å². The maximum Gasteiger partial charge on any atom is 0.306 e. The third-order valence-electron chi connectivity index (χ3n) is 5.15. The number of aryl methyl sites for hydroxylation is 1. The smallest absolute Gasteiger partial charge is 0.306 e. The van der Waals surface area contributed by atoms with E-state index in [0.29, 0.717) is 11.6 Å². The first-order valence-electron chi connectivity index (χ1n) is 9.33. The Kier molecular flexibility index (Phi) is 4.94. The zero-order valence-corrected chi connectivity index (χ0v) is 16.0. The van der Waals surface area contributed by atoms with Crippen molar-refractivity contribution < 1.29 is 14.6 Å². The first-order valence-corrected chi connectivity index (χ1v) is 9.71. The summed E-state index contributed by atoms with van der Waals surface area (Å²) in [4.78, 5) is 11.4. The lowest BCUT2D eigenvalue weighted by Gasteiger charge is -2.25. The van der Waals surface area contributed by atoms with E-state index in [1.165, 1.54) is 10.9 Å². The highest BCUT2D eigenvalue weighted by Crippen LogP contribution is 2.41. The first kappa shape index (κ1) is 18.1. The maximum atomic E-state index is 11.4. The summed E-state index contributed by atoms with van der Waals surface area (Å²) in [7, 11) is 0.